The van der Waals surface area contributed by atoms with Gasteiger partial charge in [0.25, 0.3) is 5.91 Å². The molecule has 0 radical (unpaired) electrons. The fraction of sp³-hybridized carbons (Fsp3) is 0.125. The van der Waals surface area contributed by atoms with Crippen molar-refractivity contribution in [2.45, 2.75) is 13.8 Å². The maximum Gasteiger partial charge on any atom is 0.265 e. The Morgan fingerprint density at radius 2 is 2.05 bits per heavy atom. The lowest BCUT2D eigenvalue weighted by Gasteiger charge is -2.08. The van der Waals surface area contributed by atoms with Gasteiger partial charge in [0.2, 0.25) is 0 Å². The molecule has 0 atom stereocenters. The molecule has 112 valence electrons. The first kappa shape index (κ1) is 14.8. The largest absolute Gasteiger partial charge is 0.321 e. The number of anilines is 1. The Hall–Kier alpha value is -2.11. The number of aryl methyl sites for hydroxylation is 2. The second-order valence-corrected chi connectivity index (χ2v) is 6.66. The third kappa shape index (κ3) is 3.05. The standard InChI is InChI=1S/C16H14ClN3OS/c1-10-8-11(2)20(19-10)13-5-3-4-12(9-13)18-16(21)14-6-7-15(17)22-14/h3-9H,1-2H3,(H,18,21). The quantitative estimate of drug-likeness (QED) is 0.770. The maximum absolute atomic E-state index is 12.2. The van der Waals surface area contributed by atoms with Crippen LogP contribution in [0.5, 0.6) is 0 Å². The van der Waals surface area contributed by atoms with E-state index in [2.05, 4.69) is 10.4 Å². The summed E-state index contributed by atoms with van der Waals surface area (Å²) in [4.78, 5) is 12.7. The van der Waals surface area contributed by atoms with Gasteiger partial charge in [-0.1, -0.05) is 17.7 Å². The molecule has 0 saturated heterocycles. The van der Waals surface area contributed by atoms with Gasteiger partial charge in [-0.2, -0.15) is 5.10 Å². The molecule has 3 aromatic rings. The number of carbonyl (C=O) groups is 1. The number of hydrogen-bond acceptors (Lipinski definition) is 3. The number of benzene rings is 1. The minimum atomic E-state index is -0.164. The van der Waals surface area contributed by atoms with Crippen LogP contribution in [0.4, 0.5) is 5.69 Å². The molecular weight excluding hydrogens is 318 g/mol. The second-order valence-electron chi connectivity index (χ2n) is 4.95. The van der Waals surface area contributed by atoms with E-state index in [0.717, 1.165) is 22.8 Å². The van der Waals surface area contributed by atoms with Crippen LogP contribution in [0.25, 0.3) is 5.69 Å². The highest BCUT2D eigenvalue weighted by atomic mass is 35.5. The Morgan fingerprint density at radius 1 is 1.23 bits per heavy atom. The van der Waals surface area contributed by atoms with Gasteiger partial charge in [0.1, 0.15) is 0 Å². The van der Waals surface area contributed by atoms with Crippen molar-refractivity contribution in [1.82, 2.24) is 9.78 Å². The lowest BCUT2D eigenvalue weighted by Crippen LogP contribution is -2.10. The molecule has 1 amide bonds. The minimum absolute atomic E-state index is 0.164. The third-order valence-corrected chi connectivity index (χ3v) is 4.39. The van der Waals surface area contributed by atoms with Crippen LogP contribution in [0.3, 0.4) is 0 Å². The molecule has 2 aromatic heterocycles. The number of aromatic nitrogens is 2. The molecule has 22 heavy (non-hydrogen) atoms. The van der Waals surface area contributed by atoms with E-state index < -0.39 is 0 Å². The fourth-order valence-corrected chi connectivity index (χ4v) is 3.17. The molecule has 0 aliphatic rings. The predicted octanol–water partition coefficient (Wildman–Crippen LogP) is 4.46. The molecule has 6 heteroatoms. The van der Waals surface area contributed by atoms with Crippen molar-refractivity contribution >= 4 is 34.5 Å². The highest BCUT2D eigenvalue weighted by molar-refractivity contribution is 7.18. The van der Waals surface area contributed by atoms with Crippen molar-refractivity contribution in [3.05, 3.63) is 63.1 Å². The van der Waals surface area contributed by atoms with Gasteiger partial charge < -0.3 is 5.32 Å². The first-order valence-corrected chi connectivity index (χ1v) is 7.93. The summed E-state index contributed by atoms with van der Waals surface area (Å²) in [6.45, 7) is 3.95. The van der Waals surface area contributed by atoms with E-state index in [4.69, 9.17) is 11.6 Å². The molecule has 0 aliphatic carbocycles. The van der Waals surface area contributed by atoms with E-state index in [1.165, 1.54) is 11.3 Å². The summed E-state index contributed by atoms with van der Waals surface area (Å²) in [5, 5.41) is 7.33. The zero-order valence-corrected chi connectivity index (χ0v) is 13.7. The van der Waals surface area contributed by atoms with Crippen molar-refractivity contribution in [1.29, 1.82) is 0 Å². The minimum Gasteiger partial charge on any atom is -0.321 e. The Balaban J connectivity index is 1.85. The second kappa shape index (κ2) is 5.94. The van der Waals surface area contributed by atoms with Crippen LogP contribution in [0.1, 0.15) is 21.1 Å². The molecule has 0 saturated carbocycles. The van der Waals surface area contributed by atoms with E-state index >= 15 is 0 Å². The fourth-order valence-electron chi connectivity index (χ4n) is 2.23. The summed E-state index contributed by atoms with van der Waals surface area (Å²) >= 11 is 7.12. The predicted molar refractivity (Wildman–Crippen MR) is 90.3 cm³/mol. The summed E-state index contributed by atoms with van der Waals surface area (Å²) < 4.78 is 2.45. The smallest absolute Gasteiger partial charge is 0.265 e. The molecule has 0 spiro atoms. The highest BCUT2D eigenvalue weighted by Gasteiger charge is 2.10. The molecule has 3 rings (SSSR count). The normalized spacial score (nSPS) is 10.7. The van der Waals surface area contributed by atoms with Crippen molar-refractivity contribution in [3.8, 4) is 5.69 Å². The SMILES string of the molecule is Cc1cc(C)n(-c2cccc(NC(=O)c3ccc(Cl)s3)c2)n1. The maximum atomic E-state index is 12.2. The third-order valence-electron chi connectivity index (χ3n) is 3.16. The molecule has 1 aromatic carbocycles. The monoisotopic (exact) mass is 331 g/mol. The number of rotatable bonds is 3. The Kier molecular flexibility index (Phi) is 4.00. The topological polar surface area (TPSA) is 46.9 Å². The van der Waals surface area contributed by atoms with Crippen LogP contribution >= 0.6 is 22.9 Å². The number of carbonyl (C=O) groups excluding carboxylic acids is 1. The molecule has 4 nitrogen and oxygen atoms in total. The molecule has 2 heterocycles. The van der Waals surface area contributed by atoms with E-state index in [-0.39, 0.29) is 5.91 Å². The number of halogens is 1. The molecule has 0 fully saturated rings. The van der Waals surface area contributed by atoms with Crippen LogP contribution in [0, 0.1) is 13.8 Å². The molecule has 0 aliphatic heterocycles. The summed E-state index contributed by atoms with van der Waals surface area (Å²) in [6.07, 6.45) is 0. The van der Waals surface area contributed by atoms with Gasteiger partial charge in [-0.25, -0.2) is 4.68 Å². The zero-order valence-electron chi connectivity index (χ0n) is 12.1. The van der Waals surface area contributed by atoms with E-state index in [1.54, 1.807) is 12.1 Å². The van der Waals surface area contributed by atoms with Crippen LogP contribution in [0.15, 0.2) is 42.5 Å². The Morgan fingerprint density at radius 3 is 2.68 bits per heavy atom. The summed E-state index contributed by atoms with van der Waals surface area (Å²) in [7, 11) is 0. The van der Waals surface area contributed by atoms with E-state index in [0.29, 0.717) is 9.21 Å². The summed E-state index contributed by atoms with van der Waals surface area (Å²) in [5.41, 5.74) is 3.64. The highest BCUT2D eigenvalue weighted by Crippen LogP contribution is 2.23. The average Bonchev–Trinajstić information content (AvgIpc) is 3.05. The van der Waals surface area contributed by atoms with E-state index in [9.17, 15) is 4.79 Å². The van der Waals surface area contributed by atoms with Gasteiger partial charge in [-0.3, -0.25) is 4.79 Å². The van der Waals surface area contributed by atoms with Gasteiger partial charge in [0, 0.05) is 11.4 Å². The number of nitrogens with zero attached hydrogens (tertiary/aromatic N) is 2. The molecule has 1 N–H and O–H groups in total. The Labute approximate surface area is 137 Å². The van der Waals surface area contributed by atoms with Crippen LogP contribution in [-0.2, 0) is 0 Å². The first-order chi connectivity index (χ1) is 10.5. The van der Waals surface area contributed by atoms with Crippen LogP contribution in [0.2, 0.25) is 4.34 Å². The van der Waals surface area contributed by atoms with Gasteiger partial charge in [0.05, 0.1) is 20.6 Å². The van der Waals surface area contributed by atoms with Crippen LogP contribution in [-0.4, -0.2) is 15.7 Å². The summed E-state index contributed by atoms with van der Waals surface area (Å²) in [5.74, 6) is -0.164. The lowest BCUT2D eigenvalue weighted by molar-refractivity contribution is 0.103. The van der Waals surface area contributed by atoms with Crippen molar-refractivity contribution < 1.29 is 4.79 Å². The van der Waals surface area contributed by atoms with Gasteiger partial charge >= 0.3 is 0 Å². The van der Waals surface area contributed by atoms with Crippen molar-refractivity contribution in [2.75, 3.05) is 5.32 Å². The average molecular weight is 332 g/mol. The van der Waals surface area contributed by atoms with Gasteiger partial charge in [0.15, 0.2) is 0 Å². The Bertz CT molecular complexity index is 838. The number of nitrogens with one attached hydrogen (secondary N) is 1. The van der Waals surface area contributed by atoms with Gasteiger partial charge in [-0.05, 0) is 50.2 Å². The molecule has 0 bridgehead atoms. The lowest BCUT2D eigenvalue weighted by atomic mass is 10.2. The zero-order chi connectivity index (χ0) is 15.7. The summed E-state index contributed by atoms with van der Waals surface area (Å²) in [6, 6.07) is 13.0. The van der Waals surface area contributed by atoms with Crippen molar-refractivity contribution in [3.63, 3.8) is 0 Å². The first-order valence-electron chi connectivity index (χ1n) is 6.73. The number of thiophene rings is 1. The van der Waals surface area contributed by atoms with Crippen LogP contribution < -0.4 is 5.32 Å². The number of hydrogen-bond donors (Lipinski definition) is 1. The van der Waals surface area contributed by atoms with E-state index in [1.807, 2.05) is 48.9 Å². The molecule has 0 unspecified atom stereocenters. The molecular formula is C16H14ClN3OS. The van der Waals surface area contributed by atoms with Gasteiger partial charge in [-0.15, -0.1) is 11.3 Å². The van der Waals surface area contributed by atoms with Crippen molar-refractivity contribution in [2.24, 2.45) is 0 Å². The number of amides is 1.